The number of hydrogen-bond acceptors (Lipinski definition) is 3. The molecule has 2 atom stereocenters. The molecule has 1 aromatic carbocycles. The Hall–Kier alpha value is -2.07. The second kappa shape index (κ2) is 6.59. The number of aliphatic carboxylic acids is 1. The van der Waals surface area contributed by atoms with Crippen molar-refractivity contribution in [3.8, 4) is 0 Å². The number of rotatable bonds is 7. The van der Waals surface area contributed by atoms with E-state index < -0.39 is 11.5 Å². The van der Waals surface area contributed by atoms with Crippen LogP contribution in [-0.2, 0) is 4.79 Å². The van der Waals surface area contributed by atoms with Crippen LogP contribution in [0.5, 0.6) is 0 Å². The maximum atomic E-state index is 11.7. The van der Waals surface area contributed by atoms with Crippen LogP contribution < -0.4 is 5.32 Å². The molecule has 2 aromatic rings. The monoisotopic (exact) mass is 287 g/mol. The second-order valence-electron chi connectivity index (χ2n) is 5.39. The third-order valence-corrected chi connectivity index (χ3v) is 3.65. The van der Waals surface area contributed by atoms with Gasteiger partial charge in [-0.2, -0.15) is 0 Å². The SMILES string of the molecule is CCCC(C)(NC(c1ccccc1)c1ccco1)C(=O)O. The summed E-state index contributed by atoms with van der Waals surface area (Å²) in [5, 5.41) is 12.8. The van der Waals surface area contributed by atoms with Crippen molar-refractivity contribution in [2.45, 2.75) is 38.3 Å². The molecule has 2 unspecified atom stereocenters. The van der Waals surface area contributed by atoms with Crippen molar-refractivity contribution in [3.05, 3.63) is 60.1 Å². The van der Waals surface area contributed by atoms with Gasteiger partial charge in [0.15, 0.2) is 0 Å². The molecular weight excluding hydrogens is 266 g/mol. The van der Waals surface area contributed by atoms with Crippen LogP contribution in [0.25, 0.3) is 0 Å². The summed E-state index contributed by atoms with van der Waals surface area (Å²) in [5.74, 6) is -0.137. The summed E-state index contributed by atoms with van der Waals surface area (Å²) in [4.78, 5) is 11.7. The van der Waals surface area contributed by atoms with Gasteiger partial charge in [-0.05, 0) is 31.0 Å². The summed E-state index contributed by atoms with van der Waals surface area (Å²) in [5.41, 5.74) is -0.0155. The predicted molar refractivity (Wildman–Crippen MR) is 81.1 cm³/mol. The van der Waals surface area contributed by atoms with E-state index >= 15 is 0 Å². The van der Waals surface area contributed by atoms with Gasteiger partial charge in [0.2, 0.25) is 0 Å². The lowest BCUT2D eigenvalue weighted by molar-refractivity contribution is -0.144. The van der Waals surface area contributed by atoms with Gasteiger partial charge in [-0.1, -0.05) is 43.7 Å². The molecule has 0 amide bonds. The van der Waals surface area contributed by atoms with Crippen molar-refractivity contribution in [1.29, 1.82) is 0 Å². The number of nitrogens with one attached hydrogen (secondary N) is 1. The number of furan rings is 1. The van der Waals surface area contributed by atoms with E-state index in [0.717, 1.165) is 12.0 Å². The molecule has 0 radical (unpaired) electrons. The van der Waals surface area contributed by atoms with Crippen LogP contribution in [0, 0.1) is 0 Å². The zero-order valence-electron chi connectivity index (χ0n) is 12.4. The van der Waals surface area contributed by atoms with Gasteiger partial charge in [0, 0.05) is 0 Å². The molecule has 4 nitrogen and oxygen atoms in total. The van der Waals surface area contributed by atoms with Crippen molar-refractivity contribution >= 4 is 5.97 Å². The fourth-order valence-corrected chi connectivity index (χ4v) is 2.48. The molecule has 21 heavy (non-hydrogen) atoms. The van der Waals surface area contributed by atoms with Crippen molar-refractivity contribution in [1.82, 2.24) is 5.32 Å². The number of carbonyl (C=O) groups is 1. The lowest BCUT2D eigenvalue weighted by Gasteiger charge is -2.31. The first-order valence-electron chi connectivity index (χ1n) is 7.16. The zero-order valence-corrected chi connectivity index (χ0v) is 12.4. The highest BCUT2D eigenvalue weighted by Crippen LogP contribution is 2.27. The summed E-state index contributed by atoms with van der Waals surface area (Å²) in [6.07, 6.45) is 2.94. The third-order valence-electron chi connectivity index (χ3n) is 3.65. The largest absolute Gasteiger partial charge is 0.480 e. The second-order valence-corrected chi connectivity index (χ2v) is 5.39. The van der Waals surface area contributed by atoms with Gasteiger partial charge in [0.25, 0.3) is 0 Å². The molecule has 4 heteroatoms. The van der Waals surface area contributed by atoms with Gasteiger partial charge in [0.05, 0.1) is 12.3 Å². The van der Waals surface area contributed by atoms with Gasteiger partial charge in [-0.3, -0.25) is 10.1 Å². The first kappa shape index (κ1) is 15.3. The van der Waals surface area contributed by atoms with Crippen LogP contribution in [0.15, 0.2) is 53.1 Å². The Morgan fingerprint density at radius 3 is 2.52 bits per heavy atom. The summed E-state index contributed by atoms with van der Waals surface area (Å²) in [7, 11) is 0. The van der Waals surface area contributed by atoms with E-state index in [1.807, 2.05) is 49.4 Å². The van der Waals surface area contributed by atoms with Crippen LogP contribution in [0.4, 0.5) is 0 Å². The van der Waals surface area contributed by atoms with Crippen LogP contribution in [-0.4, -0.2) is 16.6 Å². The maximum absolute atomic E-state index is 11.7. The molecule has 0 bridgehead atoms. The van der Waals surface area contributed by atoms with E-state index in [1.54, 1.807) is 13.2 Å². The minimum Gasteiger partial charge on any atom is -0.480 e. The summed E-state index contributed by atoms with van der Waals surface area (Å²) in [6.45, 7) is 3.70. The first-order valence-corrected chi connectivity index (χ1v) is 7.16. The van der Waals surface area contributed by atoms with Crippen molar-refractivity contribution in [3.63, 3.8) is 0 Å². The normalized spacial score (nSPS) is 15.3. The molecule has 1 heterocycles. The fraction of sp³-hybridized carbons (Fsp3) is 0.353. The van der Waals surface area contributed by atoms with E-state index in [1.165, 1.54) is 0 Å². The highest BCUT2D eigenvalue weighted by Gasteiger charge is 2.35. The smallest absolute Gasteiger partial charge is 0.323 e. The Balaban J connectivity index is 2.35. The van der Waals surface area contributed by atoms with Crippen molar-refractivity contribution in [2.24, 2.45) is 0 Å². The molecule has 0 saturated carbocycles. The average Bonchev–Trinajstić information content (AvgIpc) is 3.00. The fourth-order valence-electron chi connectivity index (χ4n) is 2.48. The third kappa shape index (κ3) is 3.52. The Kier molecular flexibility index (Phi) is 4.81. The Morgan fingerprint density at radius 1 is 1.29 bits per heavy atom. The quantitative estimate of drug-likeness (QED) is 0.816. The molecular formula is C17H21NO3. The molecule has 0 fully saturated rings. The molecule has 1 aromatic heterocycles. The topological polar surface area (TPSA) is 62.5 Å². The minimum atomic E-state index is -0.998. The number of benzene rings is 1. The van der Waals surface area contributed by atoms with Gasteiger partial charge < -0.3 is 9.52 Å². The first-order chi connectivity index (χ1) is 10.1. The standard InChI is InChI=1S/C17H21NO3/c1-3-11-17(2,16(19)20)18-15(14-10-7-12-21-14)13-8-5-4-6-9-13/h4-10,12,15,18H,3,11H2,1-2H3,(H,19,20). The summed E-state index contributed by atoms with van der Waals surface area (Å²) >= 11 is 0. The van der Waals surface area contributed by atoms with E-state index in [0.29, 0.717) is 12.2 Å². The van der Waals surface area contributed by atoms with Crippen molar-refractivity contribution in [2.75, 3.05) is 0 Å². The molecule has 0 saturated heterocycles. The van der Waals surface area contributed by atoms with Crippen LogP contribution in [0.2, 0.25) is 0 Å². The lowest BCUT2D eigenvalue weighted by Crippen LogP contribution is -2.51. The molecule has 112 valence electrons. The highest BCUT2D eigenvalue weighted by molar-refractivity contribution is 5.78. The van der Waals surface area contributed by atoms with Crippen molar-refractivity contribution < 1.29 is 14.3 Å². The molecule has 0 aliphatic rings. The Morgan fingerprint density at radius 2 is 2.00 bits per heavy atom. The summed E-state index contributed by atoms with van der Waals surface area (Å²) in [6, 6.07) is 13.1. The molecule has 2 rings (SSSR count). The van der Waals surface area contributed by atoms with Crippen LogP contribution in [0.3, 0.4) is 0 Å². The predicted octanol–water partition coefficient (Wildman–Crippen LogP) is 3.60. The maximum Gasteiger partial charge on any atom is 0.323 e. The van der Waals surface area contributed by atoms with Gasteiger partial charge >= 0.3 is 5.97 Å². The Labute approximate surface area is 124 Å². The number of carboxylic acids is 1. The van der Waals surface area contributed by atoms with Gasteiger partial charge in [-0.15, -0.1) is 0 Å². The molecule has 0 spiro atoms. The van der Waals surface area contributed by atoms with Crippen LogP contribution >= 0.6 is 0 Å². The van der Waals surface area contributed by atoms with Gasteiger partial charge in [-0.25, -0.2) is 0 Å². The average molecular weight is 287 g/mol. The van der Waals surface area contributed by atoms with E-state index in [4.69, 9.17) is 4.42 Å². The number of hydrogen-bond donors (Lipinski definition) is 2. The van der Waals surface area contributed by atoms with Crippen LogP contribution in [0.1, 0.15) is 44.1 Å². The molecule has 0 aliphatic heterocycles. The zero-order chi connectivity index (χ0) is 15.3. The van der Waals surface area contributed by atoms with E-state index in [-0.39, 0.29) is 6.04 Å². The Bertz CT molecular complexity index is 565. The van der Waals surface area contributed by atoms with E-state index in [9.17, 15) is 9.90 Å². The van der Waals surface area contributed by atoms with E-state index in [2.05, 4.69) is 5.32 Å². The van der Waals surface area contributed by atoms with Gasteiger partial charge in [0.1, 0.15) is 11.3 Å². The molecule has 0 aliphatic carbocycles. The molecule has 2 N–H and O–H groups in total. The lowest BCUT2D eigenvalue weighted by atomic mass is 9.92. The number of carboxylic acid groups (broad SMARTS) is 1. The highest BCUT2D eigenvalue weighted by atomic mass is 16.4. The summed E-state index contributed by atoms with van der Waals surface area (Å²) < 4.78 is 5.50. The minimum absolute atomic E-state index is 0.283.